The van der Waals surface area contributed by atoms with Gasteiger partial charge >= 0.3 is 0 Å². The van der Waals surface area contributed by atoms with Crippen LogP contribution < -0.4 is 10.6 Å². The molecule has 0 spiro atoms. The van der Waals surface area contributed by atoms with Crippen molar-refractivity contribution in [3.05, 3.63) is 30.3 Å². The fourth-order valence-corrected chi connectivity index (χ4v) is 2.69. The van der Waals surface area contributed by atoms with Crippen molar-refractivity contribution in [2.45, 2.75) is 31.6 Å². The minimum atomic E-state index is 0. The molecule has 132 valence electrons. The summed E-state index contributed by atoms with van der Waals surface area (Å²) < 4.78 is 5.33. The van der Waals surface area contributed by atoms with E-state index in [0.29, 0.717) is 0 Å². The van der Waals surface area contributed by atoms with Crippen LogP contribution in [0.3, 0.4) is 0 Å². The molecule has 0 saturated heterocycles. The average molecular weight is 451 g/mol. The largest absolute Gasteiger partial charge is 0.382 e. The van der Waals surface area contributed by atoms with Gasteiger partial charge in [0.15, 0.2) is 5.96 Å². The fourth-order valence-electron chi connectivity index (χ4n) is 1.83. The van der Waals surface area contributed by atoms with Crippen molar-refractivity contribution in [3.8, 4) is 0 Å². The highest BCUT2D eigenvalue weighted by molar-refractivity contribution is 14.0. The fraction of sp³-hybridized carbons (Fsp3) is 0.588. The molecule has 1 aromatic rings. The van der Waals surface area contributed by atoms with Crippen LogP contribution in [0.2, 0.25) is 0 Å². The van der Waals surface area contributed by atoms with E-state index in [4.69, 9.17) is 4.74 Å². The third-order valence-electron chi connectivity index (χ3n) is 2.89. The van der Waals surface area contributed by atoms with Crippen molar-refractivity contribution in [1.82, 2.24) is 10.6 Å². The predicted molar refractivity (Wildman–Crippen MR) is 112 cm³/mol. The molecule has 0 amide bonds. The predicted octanol–water partition coefficient (Wildman–Crippen LogP) is 3.77. The van der Waals surface area contributed by atoms with E-state index in [-0.39, 0.29) is 24.0 Å². The topological polar surface area (TPSA) is 45.7 Å². The number of nitrogens with zero attached hydrogens (tertiary/aromatic N) is 1. The number of ether oxygens (including phenoxy) is 1. The summed E-state index contributed by atoms with van der Waals surface area (Å²) in [5, 5.41) is 6.61. The van der Waals surface area contributed by atoms with Crippen LogP contribution in [0.25, 0.3) is 0 Å². The molecular weight excluding hydrogens is 421 g/mol. The molecule has 4 nitrogen and oxygen atoms in total. The molecule has 6 heteroatoms. The van der Waals surface area contributed by atoms with E-state index < -0.39 is 0 Å². The Kier molecular flexibility index (Phi) is 16.1. The molecule has 0 heterocycles. The number of hydrogen-bond acceptors (Lipinski definition) is 3. The zero-order chi connectivity index (χ0) is 15.9. The van der Waals surface area contributed by atoms with Gasteiger partial charge in [0.1, 0.15) is 0 Å². The first kappa shape index (κ1) is 22.5. The van der Waals surface area contributed by atoms with Crippen LogP contribution in [0.4, 0.5) is 0 Å². The van der Waals surface area contributed by atoms with E-state index in [1.54, 1.807) is 0 Å². The molecule has 0 fully saturated rings. The smallest absolute Gasteiger partial charge is 0.191 e. The number of halogens is 1. The first-order chi connectivity index (χ1) is 10.9. The molecule has 23 heavy (non-hydrogen) atoms. The Bertz CT molecular complexity index is 404. The van der Waals surface area contributed by atoms with E-state index >= 15 is 0 Å². The van der Waals surface area contributed by atoms with Gasteiger partial charge in [-0.1, -0.05) is 18.2 Å². The van der Waals surface area contributed by atoms with Crippen LogP contribution in [0, 0.1) is 0 Å². The van der Waals surface area contributed by atoms with Crippen LogP contribution >= 0.6 is 35.7 Å². The first-order valence-electron chi connectivity index (χ1n) is 8.14. The average Bonchev–Trinajstić information content (AvgIpc) is 2.55. The lowest BCUT2D eigenvalue weighted by Crippen LogP contribution is -2.38. The van der Waals surface area contributed by atoms with Gasteiger partial charge in [0.05, 0.1) is 0 Å². The zero-order valence-corrected chi connectivity index (χ0v) is 17.4. The van der Waals surface area contributed by atoms with E-state index in [0.717, 1.165) is 57.4 Å². The monoisotopic (exact) mass is 451 g/mol. The van der Waals surface area contributed by atoms with Crippen molar-refractivity contribution in [2.24, 2.45) is 4.99 Å². The molecule has 1 aromatic carbocycles. The molecule has 1 rings (SSSR count). The van der Waals surface area contributed by atoms with E-state index in [9.17, 15) is 0 Å². The number of nitrogens with one attached hydrogen (secondary N) is 2. The van der Waals surface area contributed by atoms with Crippen LogP contribution in [-0.4, -0.2) is 44.6 Å². The molecular formula is C17H30IN3OS. The summed E-state index contributed by atoms with van der Waals surface area (Å²) in [4.78, 5) is 5.93. The summed E-state index contributed by atoms with van der Waals surface area (Å²) in [7, 11) is 0. The van der Waals surface area contributed by atoms with Crippen molar-refractivity contribution >= 4 is 41.7 Å². The second-order valence-corrected chi connectivity index (χ2v) is 5.92. The molecule has 0 bridgehead atoms. The van der Waals surface area contributed by atoms with Gasteiger partial charge in [0, 0.05) is 37.7 Å². The summed E-state index contributed by atoms with van der Waals surface area (Å²) in [6.07, 6.45) is 2.08. The summed E-state index contributed by atoms with van der Waals surface area (Å²) in [6, 6.07) is 10.5. The van der Waals surface area contributed by atoms with Crippen molar-refractivity contribution in [1.29, 1.82) is 0 Å². The van der Waals surface area contributed by atoms with Gasteiger partial charge in [-0.2, -0.15) is 0 Å². The second-order valence-electron chi connectivity index (χ2n) is 4.75. The third-order valence-corrected chi connectivity index (χ3v) is 3.99. The molecule has 0 aliphatic carbocycles. The first-order valence-corrected chi connectivity index (χ1v) is 9.13. The number of thioether (sulfide) groups is 1. The number of hydrogen-bond donors (Lipinski definition) is 2. The quantitative estimate of drug-likeness (QED) is 0.177. The Labute approximate surface area is 162 Å². The maximum absolute atomic E-state index is 5.33. The zero-order valence-electron chi connectivity index (χ0n) is 14.2. The molecule has 0 aliphatic heterocycles. The normalized spacial score (nSPS) is 11.0. The maximum Gasteiger partial charge on any atom is 0.191 e. The van der Waals surface area contributed by atoms with Crippen molar-refractivity contribution in [2.75, 3.05) is 38.6 Å². The lowest BCUT2D eigenvalue weighted by molar-refractivity contribution is 0.145. The summed E-state index contributed by atoms with van der Waals surface area (Å²) in [5.41, 5.74) is 0. The van der Waals surface area contributed by atoms with E-state index in [1.807, 2.05) is 24.8 Å². The molecule has 0 atom stereocenters. The van der Waals surface area contributed by atoms with Gasteiger partial charge in [-0.05, 0) is 44.6 Å². The number of guanidine groups is 1. The minimum absolute atomic E-state index is 0. The number of benzene rings is 1. The van der Waals surface area contributed by atoms with Crippen LogP contribution in [0.1, 0.15) is 26.7 Å². The third kappa shape index (κ3) is 12.6. The molecule has 0 unspecified atom stereocenters. The molecule has 0 radical (unpaired) electrons. The highest BCUT2D eigenvalue weighted by Gasteiger charge is 1.97. The Morgan fingerprint density at radius 1 is 1.13 bits per heavy atom. The molecule has 2 N–H and O–H groups in total. The highest BCUT2D eigenvalue weighted by atomic mass is 127. The highest BCUT2D eigenvalue weighted by Crippen LogP contribution is 2.17. The summed E-state index contributed by atoms with van der Waals surface area (Å²) in [5.74, 6) is 2.00. The lowest BCUT2D eigenvalue weighted by atomic mass is 10.4. The van der Waals surface area contributed by atoms with Crippen LogP contribution in [0.15, 0.2) is 40.2 Å². The van der Waals surface area contributed by atoms with Crippen LogP contribution in [-0.2, 0) is 4.74 Å². The standard InChI is InChI=1S/C17H29N3OS.HI/c1-3-18-17(19-12-8-14-21-4-2)20-13-9-15-22-16-10-6-5-7-11-16;/h5-7,10-11H,3-4,8-9,12-15H2,1-2H3,(H2,18,19,20);1H. The number of aliphatic imine (C=N–C) groups is 1. The second kappa shape index (κ2) is 16.4. The lowest BCUT2D eigenvalue weighted by Gasteiger charge is -2.11. The van der Waals surface area contributed by atoms with E-state index in [2.05, 4.69) is 46.8 Å². The molecule has 0 saturated carbocycles. The van der Waals surface area contributed by atoms with Crippen molar-refractivity contribution in [3.63, 3.8) is 0 Å². The van der Waals surface area contributed by atoms with Gasteiger partial charge in [-0.25, -0.2) is 0 Å². The van der Waals surface area contributed by atoms with Gasteiger partial charge < -0.3 is 15.4 Å². The Morgan fingerprint density at radius 2 is 1.91 bits per heavy atom. The van der Waals surface area contributed by atoms with Gasteiger partial charge in [-0.15, -0.1) is 35.7 Å². The Balaban J connectivity index is 0.00000484. The SMILES string of the molecule is CCNC(=NCCCSc1ccccc1)NCCCOCC.I. The molecule has 0 aromatic heterocycles. The van der Waals surface area contributed by atoms with Gasteiger partial charge in [0.2, 0.25) is 0 Å². The summed E-state index contributed by atoms with van der Waals surface area (Å²) >= 11 is 1.89. The Hall–Kier alpha value is -0.470. The van der Waals surface area contributed by atoms with Gasteiger partial charge in [0.25, 0.3) is 0 Å². The molecule has 0 aliphatic rings. The number of rotatable bonds is 11. The maximum atomic E-state index is 5.33. The van der Waals surface area contributed by atoms with Gasteiger partial charge in [-0.3, -0.25) is 4.99 Å². The van der Waals surface area contributed by atoms with Crippen LogP contribution in [0.5, 0.6) is 0 Å². The summed E-state index contributed by atoms with van der Waals surface area (Å²) in [6.45, 7) is 8.32. The Morgan fingerprint density at radius 3 is 2.61 bits per heavy atom. The van der Waals surface area contributed by atoms with E-state index in [1.165, 1.54) is 4.90 Å². The minimum Gasteiger partial charge on any atom is -0.382 e. The van der Waals surface area contributed by atoms with Crippen molar-refractivity contribution < 1.29 is 4.74 Å².